The summed E-state index contributed by atoms with van der Waals surface area (Å²) in [4.78, 5) is 22.7. The smallest absolute Gasteiger partial charge is 0.341 e. The second kappa shape index (κ2) is 5.84. The van der Waals surface area contributed by atoms with Gasteiger partial charge in [-0.25, -0.2) is 4.79 Å². The number of methoxy groups -OCH3 is 1. The minimum absolute atomic E-state index is 0.0949. The van der Waals surface area contributed by atoms with Gasteiger partial charge in [0.25, 0.3) is 0 Å². The molecule has 0 saturated heterocycles. The van der Waals surface area contributed by atoms with E-state index in [1.165, 1.54) is 20.1 Å². The predicted molar refractivity (Wildman–Crippen MR) is 67.1 cm³/mol. The summed E-state index contributed by atoms with van der Waals surface area (Å²) < 4.78 is 4.51. The fraction of sp³-hybridized carbons (Fsp3) is 0.167. The standard InChI is InChI=1S/C12H10Cl2O3/c1-7(15)8(12(16)17-2)6-9-10(13)4-3-5-11(9)14/h3-6H,1-2H3. The van der Waals surface area contributed by atoms with Crippen LogP contribution in [0.15, 0.2) is 23.8 Å². The van der Waals surface area contributed by atoms with Crippen LogP contribution in [0.1, 0.15) is 12.5 Å². The van der Waals surface area contributed by atoms with Crippen LogP contribution in [0.5, 0.6) is 0 Å². The number of ether oxygens (including phenoxy) is 1. The summed E-state index contributed by atoms with van der Waals surface area (Å²) in [5.74, 6) is -1.12. The van der Waals surface area contributed by atoms with Crippen LogP contribution in [0.4, 0.5) is 0 Å². The third-order valence-corrected chi connectivity index (χ3v) is 2.73. The van der Waals surface area contributed by atoms with Gasteiger partial charge in [0.2, 0.25) is 0 Å². The monoisotopic (exact) mass is 272 g/mol. The molecule has 0 N–H and O–H groups in total. The van der Waals surface area contributed by atoms with Crippen molar-refractivity contribution in [3.63, 3.8) is 0 Å². The summed E-state index contributed by atoms with van der Waals surface area (Å²) in [7, 11) is 1.20. The molecule has 0 aliphatic rings. The highest BCUT2D eigenvalue weighted by Gasteiger charge is 2.16. The van der Waals surface area contributed by atoms with E-state index in [2.05, 4.69) is 4.74 Å². The fourth-order valence-electron chi connectivity index (χ4n) is 1.21. The van der Waals surface area contributed by atoms with Crippen molar-refractivity contribution in [2.24, 2.45) is 0 Å². The second-order valence-electron chi connectivity index (χ2n) is 3.24. The highest BCUT2D eigenvalue weighted by molar-refractivity contribution is 6.37. The third-order valence-electron chi connectivity index (χ3n) is 2.07. The summed E-state index contributed by atoms with van der Waals surface area (Å²) in [6.07, 6.45) is 1.33. The van der Waals surface area contributed by atoms with E-state index < -0.39 is 11.8 Å². The number of hydrogen-bond donors (Lipinski definition) is 0. The van der Waals surface area contributed by atoms with Gasteiger partial charge in [0.05, 0.1) is 7.11 Å². The first-order chi connectivity index (χ1) is 7.97. The van der Waals surface area contributed by atoms with Gasteiger partial charge in [-0.15, -0.1) is 0 Å². The Morgan fingerprint density at radius 2 is 1.76 bits per heavy atom. The van der Waals surface area contributed by atoms with Crippen LogP contribution >= 0.6 is 23.2 Å². The van der Waals surface area contributed by atoms with E-state index in [0.29, 0.717) is 15.6 Å². The molecule has 0 aliphatic carbocycles. The largest absolute Gasteiger partial charge is 0.465 e. The lowest BCUT2D eigenvalue weighted by molar-refractivity contribution is -0.137. The molecule has 0 bridgehead atoms. The highest BCUT2D eigenvalue weighted by Crippen LogP contribution is 2.27. The molecule has 90 valence electrons. The van der Waals surface area contributed by atoms with Crippen LogP contribution in [0, 0.1) is 0 Å². The highest BCUT2D eigenvalue weighted by atomic mass is 35.5. The normalized spacial score (nSPS) is 11.2. The molecule has 17 heavy (non-hydrogen) atoms. The Morgan fingerprint density at radius 1 is 1.24 bits per heavy atom. The first kappa shape index (κ1) is 13.7. The summed E-state index contributed by atoms with van der Waals surface area (Å²) in [6.45, 7) is 1.27. The zero-order valence-corrected chi connectivity index (χ0v) is 10.8. The Kier molecular flexibility index (Phi) is 4.73. The Hall–Kier alpha value is -1.32. The molecule has 1 aromatic rings. The van der Waals surface area contributed by atoms with E-state index in [9.17, 15) is 9.59 Å². The summed E-state index contributed by atoms with van der Waals surface area (Å²) >= 11 is 11.9. The number of ketones is 1. The summed E-state index contributed by atoms with van der Waals surface area (Å²) in [6, 6.07) is 4.91. The number of carbonyl (C=O) groups is 2. The number of benzene rings is 1. The average Bonchev–Trinajstić information content (AvgIpc) is 2.27. The molecule has 0 aromatic heterocycles. The van der Waals surface area contributed by atoms with Gasteiger partial charge in [-0.05, 0) is 25.1 Å². The molecule has 0 fully saturated rings. The van der Waals surface area contributed by atoms with Gasteiger partial charge in [0.15, 0.2) is 5.78 Å². The number of rotatable bonds is 3. The SMILES string of the molecule is COC(=O)C(=Cc1c(Cl)cccc1Cl)C(C)=O. The first-order valence-electron chi connectivity index (χ1n) is 4.72. The maximum atomic E-state index is 11.4. The lowest BCUT2D eigenvalue weighted by atomic mass is 10.1. The Balaban J connectivity index is 3.32. The molecule has 0 aliphatic heterocycles. The fourth-order valence-corrected chi connectivity index (χ4v) is 1.71. The zero-order valence-electron chi connectivity index (χ0n) is 9.29. The summed E-state index contributed by atoms with van der Waals surface area (Å²) in [5, 5.41) is 0.723. The number of Topliss-reactive ketones (excluding diaryl/α,β-unsaturated/α-hetero) is 1. The van der Waals surface area contributed by atoms with Crippen molar-refractivity contribution < 1.29 is 14.3 Å². The van der Waals surface area contributed by atoms with Crippen molar-refractivity contribution in [2.45, 2.75) is 6.92 Å². The molecule has 0 heterocycles. The molecule has 5 heteroatoms. The molecule has 0 radical (unpaired) electrons. The average molecular weight is 273 g/mol. The van der Waals surface area contributed by atoms with E-state index in [0.717, 1.165) is 0 Å². The maximum Gasteiger partial charge on any atom is 0.341 e. The van der Waals surface area contributed by atoms with Crippen molar-refractivity contribution in [1.29, 1.82) is 0 Å². The number of esters is 1. The van der Waals surface area contributed by atoms with Crippen molar-refractivity contribution in [3.8, 4) is 0 Å². The topological polar surface area (TPSA) is 43.4 Å². The Labute approximate surface area is 109 Å². The summed E-state index contributed by atoms with van der Waals surface area (Å²) in [5.41, 5.74) is 0.328. The molecule has 0 atom stereocenters. The van der Waals surface area contributed by atoms with Crippen LogP contribution in [-0.2, 0) is 14.3 Å². The van der Waals surface area contributed by atoms with Gasteiger partial charge >= 0.3 is 5.97 Å². The molecule has 0 amide bonds. The Morgan fingerprint density at radius 3 is 2.18 bits per heavy atom. The van der Waals surface area contributed by atoms with E-state index in [1.54, 1.807) is 18.2 Å². The molecular formula is C12H10Cl2O3. The van der Waals surface area contributed by atoms with Crippen LogP contribution < -0.4 is 0 Å². The molecule has 1 rings (SSSR count). The van der Waals surface area contributed by atoms with Gasteiger partial charge < -0.3 is 4.74 Å². The van der Waals surface area contributed by atoms with Crippen LogP contribution in [0.25, 0.3) is 6.08 Å². The third kappa shape index (κ3) is 3.32. The van der Waals surface area contributed by atoms with Gasteiger partial charge in [0, 0.05) is 15.6 Å². The van der Waals surface area contributed by atoms with Crippen molar-refractivity contribution in [2.75, 3.05) is 7.11 Å². The minimum Gasteiger partial charge on any atom is -0.465 e. The zero-order chi connectivity index (χ0) is 13.0. The number of carbonyl (C=O) groups excluding carboxylic acids is 2. The molecular weight excluding hydrogens is 263 g/mol. The van der Waals surface area contributed by atoms with Gasteiger partial charge in [-0.1, -0.05) is 29.3 Å². The van der Waals surface area contributed by atoms with E-state index in [4.69, 9.17) is 23.2 Å². The molecule has 0 unspecified atom stereocenters. The van der Waals surface area contributed by atoms with Gasteiger partial charge in [-0.2, -0.15) is 0 Å². The second-order valence-corrected chi connectivity index (χ2v) is 4.06. The predicted octanol–water partition coefficient (Wildman–Crippen LogP) is 3.14. The van der Waals surface area contributed by atoms with E-state index in [1.807, 2.05) is 0 Å². The van der Waals surface area contributed by atoms with Gasteiger partial charge in [0.1, 0.15) is 5.57 Å². The molecule has 3 nitrogen and oxygen atoms in total. The number of halogens is 2. The van der Waals surface area contributed by atoms with Gasteiger partial charge in [-0.3, -0.25) is 4.79 Å². The number of hydrogen-bond acceptors (Lipinski definition) is 3. The van der Waals surface area contributed by atoms with Crippen molar-refractivity contribution in [1.82, 2.24) is 0 Å². The molecule has 1 aromatic carbocycles. The quantitative estimate of drug-likeness (QED) is 0.368. The van der Waals surface area contributed by atoms with Crippen LogP contribution in [0.2, 0.25) is 10.0 Å². The molecule has 0 saturated carbocycles. The van der Waals surface area contributed by atoms with Crippen LogP contribution in [0.3, 0.4) is 0 Å². The van der Waals surface area contributed by atoms with Crippen molar-refractivity contribution in [3.05, 3.63) is 39.4 Å². The Bertz CT molecular complexity index is 472. The minimum atomic E-state index is -0.714. The van der Waals surface area contributed by atoms with Crippen LogP contribution in [-0.4, -0.2) is 18.9 Å². The van der Waals surface area contributed by atoms with Crippen molar-refractivity contribution >= 4 is 41.0 Å². The lowest BCUT2D eigenvalue weighted by Gasteiger charge is -2.04. The first-order valence-corrected chi connectivity index (χ1v) is 5.48. The van der Waals surface area contributed by atoms with E-state index in [-0.39, 0.29) is 5.57 Å². The maximum absolute atomic E-state index is 11.4. The lowest BCUT2D eigenvalue weighted by Crippen LogP contribution is -2.11. The van der Waals surface area contributed by atoms with E-state index >= 15 is 0 Å². The molecule has 0 spiro atoms.